The first-order chi connectivity index (χ1) is 10.2. The first-order valence-corrected chi connectivity index (χ1v) is 7.28. The zero-order chi connectivity index (χ0) is 15.1. The van der Waals surface area contributed by atoms with Gasteiger partial charge in [-0.25, -0.2) is 0 Å². The van der Waals surface area contributed by atoms with Gasteiger partial charge in [0.1, 0.15) is 5.75 Å². The minimum Gasteiger partial charge on any atom is -0.494 e. The molecule has 0 atom stereocenters. The molecule has 0 fully saturated rings. The number of rotatable bonds is 6. The van der Waals surface area contributed by atoms with E-state index in [1.807, 2.05) is 55.5 Å². The monoisotopic (exact) mass is 303 g/mol. The molecule has 0 unspecified atom stereocenters. The van der Waals surface area contributed by atoms with Gasteiger partial charge in [0.25, 0.3) is 0 Å². The molecule has 1 amide bonds. The van der Waals surface area contributed by atoms with Gasteiger partial charge in [0.2, 0.25) is 5.91 Å². The molecule has 0 saturated carbocycles. The molecule has 0 radical (unpaired) electrons. The van der Waals surface area contributed by atoms with E-state index < -0.39 is 0 Å². The number of amides is 1. The van der Waals surface area contributed by atoms with Crippen LogP contribution < -0.4 is 10.1 Å². The van der Waals surface area contributed by atoms with Gasteiger partial charge in [-0.15, -0.1) is 0 Å². The Balaban J connectivity index is 1.82. The topological polar surface area (TPSA) is 38.3 Å². The number of hydrogen-bond acceptors (Lipinski definition) is 2. The van der Waals surface area contributed by atoms with Crippen LogP contribution >= 0.6 is 11.6 Å². The molecule has 0 bridgehead atoms. The molecular formula is C17H18ClNO2. The van der Waals surface area contributed by atoms with E-state index in [-0.39, 0.29) is 5.91 Å². The van der Waals surface area contributed by atoms with Crippen LogP contribution in [0.15, 0.2) is 48.5 Å². The van der Waals surface area contributed by atoms with Crippen LogP contribution in [-0.2, 0) is 17.8 Å². The number of benzene rings is 2. The van der Waals surface area contributed by atoms with Crippen LogP contribution in [0.2, 0.25) is 5.02 Å². The van der Waals surface area contributed by atoms with E-state index in [0.29, 0.717) is 24.6 Å². The molecule has 0 aliphatic rings. The zero-order valence-corrected chi connectivity index (χ0v) is 12.7. The van der Waals surface area contributed by atoms with Gasteiger partial charge >= 0.3 is 0 Å². The summed E-state index contributed by atoms with van der Waals surface area (Å²) in [7, 11) is 0. The molecule has 0 spiro atoms. The summed E-state index contributed by atoms with van der Waals surface area (Å²) >= 11 is 5.82. The Hall–Kier alpha value is -2.00. The third kappa shape index (κ3) is 5.12. The highest BCUT2D eigenvalue weighted by atomic mass is 35.5. The number of ether oxygens (including phenoxy) is 1. The minimum absolute atomic E-state index is 0.00545. The predicted molar refractivity (Wildman–Crippen MR) is 84.6 cm³/mol. The Labute approximate surface area is 129 Å². The van der Waals surface area contributed by atoms with Gasteiger partial charge in [0.15, 0.2) is 0 Å². The van der Waals surface area contributed by atoms with Gasteiger partial charge in [-0.1, -0.05) is 35.9 Å². The van der Waals surface area contributed by atoms with Crippen molar-refractivity contribution in [1.29, 1.82) is 0 Å². The maximum absolute atomic E-state index is 11.9. The molecule has 2 aromatic carbocycles. The van der Waals surface area contributed by atoms with Crippen molar-refractivity contribution in [3.05, 3.63) is 64.7 Å². The summed E-state index contributed by atoms with van der Waals surface area (Å²) in [4.78, 5) is 11.9. The standard InChI is InChI=1S/C17H18ClNO2/c1-2-21-16-9-5-13(6-10-16)11-17(20)19-12-14-3-7-15(18)8-4-14/h3-10H,2,11-12H2,1H3,(H,19,20). The number of carbonyl (C=O) groups is 1. The van der Waals surface area contributed by atoms with Crippen molar-refractivity contribution in [2.75, 3.05) is 6.61 Å². The molecule has 0 aliphatic heterocycles. The SMILES string of the molecule is CCOc1ccc(CC(=O)NCc2ccc(Cl)cc2)cc1. The lowest BCUT2D eigenvalue weighted by atomic mass is 10.1. The number of nitrogens with one attached hydrogen (secondary N) is 1. The number of carbonyl (C=O) groups excluding carboxylic acids is 1. The smallest absolute Gasteiger partial charge is 0.224 e. The lowest BCUT2D eigenvalue weighted by Crippen LogP contribution is -2.24. The van der Waals surface area contributed by atoms with Gasteiger partial charge in [0, 0.05) is 11.6 Å². The summed E-state index contributed by atoms with van der Waals surface area (Å²) in [6.07, 6.45) is 0.361. The Bertz CT molecular complexity index is 579. The van der Waals surface area contributed by atoms with Gasteiger partial charge in [-0.2, -0.15) is 0 Å². The summed E-state index contributed by atoms with van der Waals surface area (Å²) in [5, 5.41) is 3.59. The molecule has 3 nitrogen and oxygen atoms in total. The second kappa shape index (κ2) is 7.70. The van der Waals surface area contributed by atoms with Crippen LogP contribution in [-0.4, -0.2) is 12.5 Å². The molecule has 21 heavy (non-hydrogen) atoms. The Morgan fingerprint density at radius 2 is 1.67 bits per heavy atom. The van der Waals surface area contributed by atoms with Crippen LogP contribution in [0.1, 0.15) is 18.1 Å². The Morgan fingerprint density at radius 1 is 1.05 bits per heavy atom. The predicted octanol–water partition coefficient (Wildman–Crippen LogP) is 3.60. The molecule has 2 rings (SSSR count). The fourth-order valence-electron chi connectivity index (χ4n) is 1.92. The van der Waals surface area contributed by atoms with E-state index in [1.165, 1.54) is 0 Å². The molecule has 0 aliphatic carbocycles. The fourth-order valence-corrected chi connectivity index (χ4v) is 2.05. The van der Waals surface area contributed by atoms with Crippen molar-refractivity contribution in [2.24, 2.45) is 0 Å². The van der Waals surface area contributed by atoms with Crippen LogP contribution in [0.25, 0.3) is 0 Å². The summed E-state index contributed by atoms with van der Waals surface area (Å²) in [6.45, 7) is 3.09. The first-order valence-electron chi connectivity index (χ1n) is 6.90. The van der Waals surface area contributed by atoms with Crippen molar-refractivity contribution >= 4 is 17.5 Å². The third-order valence-electron chi connectivity index (χ3n) is 3.00. The Morgan fingerprint density at radius 3 is 2.29 bits per heavy atom. The van der Waals surface area contributed by atoms with E-state index in [2.05, 4.69) is 5.32 Å². The van der Waals surface area contributed by atoms with Crippen LogP contribution in [0.3, 0.4) is 0 Å². The van der Waals surface area contributed by atoms with Crippen molar-refractivity contribution in [3.8, 4) is 5.75 Å². The zero-order valence-electron chi connectivity index (χ0n) is 11.9. The first kappa shape index (κ1) is 15.4. The van der Waals surface area contributed by atoms with E-state index in [4.69, 9.17) is 16.3 Å². The molecular weight excluding hydrogens is 286 g/mol. The highest BCUT2D eigenvalue weighted by Crippen LogP contribution is 2.13. The number of hydrogen-bond donors (Lipinski definition) is 1. The van der Waals surface area contributed by atoms with Gasteiger partial charge in [0.05, 0.1) is 13.0 Å². The maximum atomic E-state index is 11.9. The highest BCUT2D eigenvalue weighted by molar-refractivity contribution is 6.30. The van der Waals surface area contributed by atoms with Crippen molar-refractivity contribution in [2.45, 2.75) is 19.9 Å². The third-order valence-corrected chi connectivity index (χ3v) is 3.25. The van der Waals surface area contributed by atoms with Gasteiger partial charge < -0.3 is 10.1 Å². The normalized spacial score (nSPS) is 10.2. The summed E-state index contributed by atoms with van der Waals surface area (Å²) < 4.78 is 5.37. The van der Waals surface area contributed by atoms with Gasteiger partial charge in [-0.3, -0.25) is 4.79 Å². The molecule has 1 N–H and O–H groups in total. The van der Waals surface area contributed by atoms with Crippen molar-refractivity contribution in [3.63, 3.8) is 0 Å². The van der Waals surface area contributed by atoms with Crippen molar-refractivity contribution in [1.82, 2.24) is 5.32 Å². The molecule has 0 heterocycles. The summed E-state index contributed by atoms with van der Waals surface area (Å²) in [6, 6.07) is 15.0. The van der Waals surface area contributed by atoms with E-state index in [9.17, 15) is 4.79 Å². The molecule has 110 valence electrons. The molecule has 4 heteroatoms. The number of halogens is 1. The summed E-state index contributed by atoms with van der Waals surface area (Å²) in [5.41, 5.74) is 1.99. The van der Waals surface area contributed by atoms with Crippen LogP contribution in [0, 0.1) is 0 Å². The maximum Gasteiger partial charge on any atom is 0.224 e. The average Bonchev–Trinajstić information content (AvgIpc) is 2.49. The molecule has 0 aromatic heterocycles. The van der Waals surface area contributed by atoms with Crippen LogP contribution in [0.4, 0.5) is 0 Å². The quantitative estimate of drug-likeness (QED) is 0.885. The van der Waals surface area contributed by atoms with Gasteiger partial charge in [-0.05, 0) is 42.3 Å². The molecule has 0 saturated heterocycles. The minimum atomic E-state index is -0.00545. The highest BCUT2D eigenvalue weighted by Gasteiger charge is 2.04. The average molecular weight is 304 g/mol. The Kier molecular flexibility index (Phi) is 5.64. The van der Waals surface area contributed by atoms with Crippen molar-refractivity contribution < 1.29 is 9.53 Å². The van der Waals surface area contributed by atoms with E-state index in [0.717, 1.165) is 16.9 Å². The van der Waals surface area contributed by atoms with Crippen LogP contribution in [0.5, 0.6) is 5.75 Å². The second-order valence-corrected chi connectivity index (χ2v) is 5.09. The molecule has 2 aromatic rings. The largest absolute Gasteiger partial charge is 0.494 e. The van der Waals surface area contributed by atoms with E-state index in [1.54, 1.807) is 0 Å². The lowest BCUT2D eigenvalue weighted by molar-refractivity contribution is -0.120. The second-order valence-electron chi connectivity index (χ2n) is 4.66. The fraction of sp³-hybridized carbons (Fsp3) is 0.235. The summed E-state index contributed by atoms with van der Waals surface area (Å²) in [5.74, 6) is 0.817. The van der Waals surface area contributed by atoms with E-state index >= 15 is 0 Å². The lowest BCUT2D eigenvalue weighted by Gasteiger charge is -2.07.